The van der Waals surface area contributed by atoms with E-state index in [2.05, 4.69) is 14.9 Å². The number of sulfonamides is 1. The number of rotatable bonds is 7. The van der Waals surface area contributed by atoms with E-state index in [9.17, 15) is 12.8 Å². The first kappa shape index (κ1) is 19.6. The van der Waals surface area contributed by atoms with Gasteiger partial charge in [0.15, 0.2) is 11.6 Å². The summed E-state index contributed by atoms with van der Waals surface area (Å²) in [6.45, 7) is 2.36. The van der Waals surface area contributed by atoms with Crippen LogP contribution in [0.15, 0.2) is 59.5 Å². The van der Waals surface area contributed by atoms with Gasteiger partial charge in [0.1, 0.15) is 0 Å². The van der Waals surface area contributed by atoms with Crippen LogP contribution in [0.5, 0.6) is 11.6 Å². The third kappa shape index (κ3) is 4.37. The fourth-order valence-electron chi connectivity index (χ4n) is 2.43. The number of methoxy groups -OCH3 is 1. The molecule has 0 saturated heterocycles. The Morgan fingerprint density at radius 1 is 1.04 bits per heavy atom. The Morgan fingerprint density at radius 3 is 2.39 bits per heavy atom. The topological polar surface area (TPSA) is 90.4 Å². The predicted molar refractivity (Wildman–Crippen MR) is 102 cm³/mol. The summed E-state index contributed by atoms with van der Waals surface area (Å²) in [5.41, 5.74) is 1.74. The van der Waals surface area contributed by atoms with E-state index >= 15 is 0 Å². The fourth-order valence-corrected chi connectivity index (χ4v) is 3.50. The summed E-state index contributed by atoms with van der Waals surface area (Å²) in [7, 11) is -2.62. The van der Waals surface area contributed by atoms with E-state index in [1.807, 2.05) is 6.92 Å². The highest BCUT2D eigenvalue weighted by Crippen LogP contribution is 2.25. The largest absolute Gasteiger partial charge is 0.494 e. The van der Waals surface area contributed by atoms with Gasteiger partial charge >= 0.3 is 0 Å². The SMILES string of the molecule is CCOc1ccc(-c2ccc(NS(=O)(=O)c3ccc(F)c(OC)c3)cc2)nn1. The van der Waals surface area contributed by atoms with Crippen molar-refractivity contribution in [2.45, 2.75) is 11.8 Å². The van der Waals surface area contributed by atoms with Crippen molar-refractivity contribution in [3.63, 3.8) is 0 Å². The van der Waals surface area contributed by atoms with Gasteiger partial charge in [0.2, 0.25) is 5.88 Å². The number of benzene rings is 2. The summed E-state index contributed by atoms with van der Waals surface area (Å²) in [5, 5.41) is 8.05. The van der Waals surface area contributed by atoms with Gasteiger partial charge in [-0.05, 0) is 37.3 Å². The van der Waals surface area contributed by atoms with Crippen LogP contribution in [0.25, 0.3) is 11.3 Å². The Balaban J connectivity index is 1.78. The Bertz CT molecular complexity index is 1060. The van der Waals surface area contributed by atoms with Crippen LogP contribution in [0.2, 0.25) is 0 Å². The third-order valence-electron chi connectivity index (χ3n) is 3.80. The van der Waals surface area contributed by atoms with E-state index in [-0.39, 0.29) is 10.6 Å². The van der Waals surface area contributed by atoms with Crippen LogP contribution in [0.1, 0.15) is 6.92 Å². The molecule has 7 nitrogen and oxygen atoms in total. The highest BCUT2D eigenvalue weighted by atomic mass is 32.2. The normalized spacial score (nSPS) is 11.1. The van der Waals surface area contributed by atoms with E-state index in [4.69, 9.17) is 9.47 Å². The summed E-state index contributed by atoms with van der Waals surface area (Å²) in [6, 6.07) is 13.5. The zero-order valence-corrected chi connectivity index (χ0v) is 16.0. The van der Waals surface area contributed by atoms with Crippen LogP contribution in [-0.2, 0) is 10.0 Å². The number of halogens is 1. The lowest BCUT2D eigenvalue weighted by atomic mass is 10.1. The summed E-state index contributed by atoms with van der Waals surface area (Å²) in [5.74, 6) is -0.347. The predicted octanol–water partition coefficient (Wildman–Crippen LogP) is 3.49. The highest BCUT2D eigenvalue weighted by Gasteiger charge is 2.17. The molecule has 9 heteroatoms. The van der Waals surface area contributed by atoms with Crippen molar-refractivity contribution < 1.29 is 22.3 Å². The maximum absolute atomic E-state index is 13.5. The standard InChI is InChI=1S/C19H18FN3O4S/c1-3-27-19-11-10-17(21-22-19)13-4-6-14(7-5-13)23-28(24,25)15-8-9-16(20)18(12-15)26-2/h4-12,23H,3H2,1-2H3. The van der Waals surface area contributed by atoms with Crippen LogP contribution >= 0.6 is 0 Å². The van der Waals surface area contributed by atoms with Crippen molar-refractivity contribution in [3.8, 4) is 22.9 Å². The Kier molecular flexibility index (Phi) is 5.74. The quantitative estimate of drug-likeness (QED) is 0.649. The molecule has 0 bridgehead atoms. The average Bonchev–Trinajstić information content (AvgIpc) is 2.69. The Morgan fingerprint density at radius 2 is 1.79 bits per heavy atom. The minimum absolute atomic E-state index is 0.104. The van der Waals surface area contributed by atoms with Gasteiger partial charge in [0.05, 0.1) is 24.3 Å². The summed E-state index contributed by atoms with van der Waals surface area (Å²) < 4.78 is 51.1. The molecule has 0 aliphatic carbocycles. The Hall–Kier alpha value is -3.20. The lowest BCUT2D eigenvalue weighted by Crippen LogP contribution is -2.13. The van der Waals surface area contributed by atoms with E-state index in [1.165, 1.54) is 13.2 Å². The number of ether oxygens (including phenoxy) is 2. The number of hydrogen-bond donors (Lipinski definition) is 1. The maximum atomic E-state index is 13.5. The zero-order valence-electron chi connectivity index (χ0n) is 15.2. The smallest absolute Gasteiger partial charge is 0.262 e. The molecule has 2 aromatic carbocycles. The highest BCUT2D eigenvalue weighted by molar-refractivity contribution is 7.92. The summed E-state index contributed by atoms with van der Waals surface area (Å²) in [6.07, 6.45) is 0. The van der Waals surface area contributed by atoms with Crippen LogP contribution in [0.3, 0.4) is 0 Å². The molecule has 0 unspecified atom stereocenters. The van der Waals surface area contributed by atoms with Gasteiger partial charge in [-0.25, -0.2) is 12.8 Å². The summed E-state index contributed by atoms with van der Waals surface area (Å²) >= 11 is 0. The fraction of sp³-hybridized carbons (Fsp3) is 0.158. The van der Waals surface area contributed by atoms with E-state index in [1.54, 1.807) is 36.4 Å². The number of anilines is 1. The molecule has 1 N–H and O–H groups in total. The maximum Gasteiger partial charge on any atom is 0.262 e. The van der Waals surface area contributed by atoms with Gasteiger partial charge in [-0.2, -0.15) is 0 Å². The van der Waals surface area contributed by atoms with Gasteiger partial charge in [0, 0.05) is 23.4 Å². The second-order valence-corrected chi connectivity index (χ2v) is 7.35. The van der Waals surface area contributed by atoms with Gasteiger partial charge in [-0.15, -0.1) is 10.2 Å². The molecule has 146 valence electrons. The van der Waals surface area contributed by atoms with Crippen molar-refractivity contribution in [1.82, 2.24) is 10.2 Å². The number of nitrogens with one attached hydrogen (secondary N) is 1. The molecular weight excluding hydrogens is 385 g/mol. The van der Waals surface area contributed by atoms with Crippen molar-refractivity contribution in [3.05, 3.63) is 60.4 Å². The minimum atomic E-state index is -3.89. The first-order valence-electron chi connectivity index (χ1n) is 8.36. The lowest BCUT2D eigenvalue weighted by molar-refractivity contribution is 0.323. The molecule has 0 radical (unpaired) electrons. The summed E-state index contributed by atoms with van der Waals surface area (Å²) in [4.78, 5) is -0.104. The van der Waals surface area contributed by atoms with Crippen molar-refractivity contribution in [2.75, 3.05) is 18.4 Å². The molecule has 1 aromatic heterocycles. The van der Waals surface area contributed by atoms with E-state index in [0.717, 1.165) is 17.7 Å². The van der Waals surface area contributed by atoms with Gasteiger partial charge in [0.25, 0.3) is 10.0 Å². The molecule has 28 heavy (non-hydrogen) atoms. The number of nitrogens with zero attached hydrogens (tertiary/aromatic N) is 2. The molecule has 0 amide bonds. The van der Waals surface area contributed by atoms with Gasteiger partial charge in [-0.3, -0.25) is 4.72 Å². The van der Waals surface area contributed by atoms with E-state index in [0.29, 0.717) is 23.9 Å². The third-order valence-corrected chi connectivity index (χ3v) is 5.18. The van der Waals surface area contributed by atoms with E-state index < -0.39 is 15.8 Å². The molecule has 0 aliphatic heterocycles. The molecule has 3 rings (SSSR count). The molecule has 0 spiro atoms. The van der Waals surface area contributed by atoms with Gasteiger partial charge < -0.3 is 9.47 Å². The monoisotopic (exact) mass is 403 g/mol. The first-order valence-corrected chi connectivity index (χ1v) is 9.84. The second kappa shape index (κ2) is 8.22. The van der Waals surface area contributed by atoms with Crippen molar-refractivity contribution in [1.29, 1.82) is 0 Å². The number of aromatic nitrogens is 2. The lowest BCUT2D eigenvalue weighted by Gasteiger charge is -2.10. The molecule has 3 aromatic rings. The van der Waals surface area contributed by atoms with Crippen molar-refractivity contribution >= 4 is 15.7 Å². The minimum Gasteiger partial charge on any atom is -0.494 e. The molecule has 0 aliphatic rings. The molecule has 0 fully saturated rings. The zero-order chi connectivity index (χ0) is 20.1. The average molecular weight is 403 g/mol. The number of hydrogen-bond acceptors (Lipinski definition) is 6. The first-order chi connectivity index (χ1) is 13.4. The Labute approximate surface area is 162 Å². The van der Waals surface area contributed by atoms with Crippen LogP contribution in [0, 0.1) is 5.82 Å². The van der Waals surface area contributed by atoms with Crippen molar-refractivity contribution in [2.24, 2.45) is 0 Å². The molecule has 1 heterocycles. The van der Waals surface area contributed by atoms with Crippen LogP contribution in [-0.4, -0.2) is 32.3 Å². The van der Waals surface area contributed by atoms with Crippen LogP contribution < -0.4 is 14.2 Å². The second-order valence-electron chi connectivity index (χ2n) is 5.67. The van der Waals surface area contributed by atoms with Crippen LogP contribution in [0.4, 0.5) is 10.1 Å². The molecule has 0 saturated carbocycles. The van der Waals surface area contributed by atoms with Gasteiger partial charge in [-0.1, -0.05) is 12.1 Å². The molecular formula is C19H18FN3O4S. The molecule has 0 atom stereocenters.